The summed E-state index contributed by atoms with van der Waals surface area (Å²) in [5.74, 6) is 0.377. The van der Waals surface area contributed by atoms with Crippen LogP contribution < -0.4 is 10.2 Å². The van der Waals surface area contributed by atoms with Crippen LogP contribution in [0.4, 0.5) is 15.9 Å². The van der Waals surface area contributed by atoms with Crippen LogP contribution >= 0.6 is 0 Å². The number of piperidine rings is 1. The van der Waals surface area contributed by atoms with Gasteiger partial charge in [-0.15, -0.1) is 0 Å². The average Bonchev–Trinajstić information content (AvgIpc) is 3.24. The van der Waals surface area contributed by atoms with Gasteiger partial charge in [-0.25, -0.2) is 14.4 Å². The molecule has 1 amide bonds. The van der Waals surface area contributed by atoms with E-state index >= 15 is 0 Å². The fourth-order valence-electron chi connectivity index (χ4n) is 3.99. The van der Waals surface area contributed by atoms with Crippen LogP contribution in [0.1, 0.15) is 12.8 Å². The van der Waals surface area contributed by atoms with Crippen molar-refractivity contribution in [2.45, 2.75) is 12.8 Å². The molecule has 0 aliphatic carbocycles. The van der Waals surface area contributed by atoms with E-state index in [1.54, 1.807) is 18.3 Å². The summed E-state index contributed by atoms with van der Waals surface area (Å²) in [5.41, 5.74) is 3.21. The molecule has 1 aliphatic rings. The van der Waals surface area contributed by atoms with Crippen molar-refractivity contribution in [1.82, 2.24) is 14.4 Å². The van der Waals surface area contributed by atoms with Crippen molar-refractivity contribution in [3.8, 4) is 0 Å². The first-order valence-electron chi connectivity index (χ1n) is 9.72. The Hall–Kier alpha value is -3.48. The molecule has 4 heterocycles. The van der Waals surface area contributed by atoms with Gasteiger partial charge in [0.15, 0.2) is 11.5 Å². The number of aromatic nitrogens is 3. The third-order valence-electron chi connectivity index (χ3n) is 5.47. The van der Waals surface area contributed by atoms with Gasteiger partial charge in [-0.05, 0) is 55.3 Å². The third-order valence-corrected chi connectivity index (χ3v) is 5.47. The van der Waals surface area contributed by atoms with Gasteiger partial charge >= 0.3 is 0 Å². The first kappa shape index (κ1) is 17.6. The summed E-state index contributed by atoms with van der Waals surface area (Å²) < 4.78 is 15.4. The molecule has 1 saturated heterocycles. The van der Waals surface area contributed by atoms with E-state index in [4.69, 9.17) is 4.98 Å². The van der Waals surface area contributed by atoms with E-state index < -0.39 is 0 Å². The Labute approximate surface area is 167 Å². The van der Waals surface area contributed by atoms with Crippen molar-refractivity contribution in [2.75, 3.05) is 23.3 Å². The monoisotopic (exact) mass is 389 g/mol. The fourth-order valence-corrected chi connectivity index (χ4v) is 3.99. The SMILES string of the molecule is O=C(Nc1cccc(F)c1)C1CCN(c2nc3ncccc3n3cccc23)CC1. The number of nitrogens with zero attached hydrogens (tertiary/aromatic N) is 4. The molecular weight excluding hydrogens is 369 g/mol. The van der Waals surface area contributed by atoms with Gasteiger partial charge in [-0.1, -0.05) is 6.07 Å². The zero-order valence-electron chi connectivity index (χ0n) is 15.8. The lowest BCUT2D eigenvalue weighted by Gasteiger charge is -2.32. The molecule has 0 unspecified atom stereocenters. The Balaban J connectivity index is 1.34. The standard InChI is InChI=1S/C22H20FN5O/c23-16-4-1-5-17(14-16)25-22(29)15-8-12-27(13-9-15)21-19-7-3-11-28(19)18-6-2-10-24-20(18)26-21/h1-7,10-11,14-15H,8-9,12-13H2,(H,25,29). The van der Waals surface area contributed by atoms with E-state index in [1.807, 2.05) is 24.4 Å². The number of carbonyl (C=O) groups excluding carboxylic acids is 1. The predicted molar refractivity (Wildman–Crippen MR) is 110 cm³/mol. The van der Waals surface area contributed by atoms with Gasteiger partial charge in [-0.3, -0.25) is 4.79 Å². The highest BCUT2D eigenvalue weighted by molar-refractivity contribution is 5.92. The highest BCUT2D eigenvalue weighted by atomic mass is 19.1. The maximum absolute atomic E-state index is 13.3. The van der Waals surface area contributed by atoms with E-state index in [0.29, 0.717) is 11.3 Å². The predicted octanol–water partition coefficient (Wildman–Crippen LogP) is 3.88. The van der Waals surface area contributed by atoms with Crippen LogP contribution in [0.3, 0.4) is 0 Å². The number of hydrogen-bond donors (Lipinski definition) is 1. The number of hydrogen-bond acceptors (Lipinski definition) is 4. The van der Waals surface area contributed by atoms with Crippen LogP contribution in [0.25, 0.3) is 16.7 Å². The normalized spacial score (nSPS) is 15.1. The number of fused-ring (bicyclic) bond motifs is 3. The van der Waals surface area contributed by atoms with Crippen LogP contribution in [-0.2, 0) is 4.79 Å². The zero-order valence-corrected chi connectivity index (χ0v) is 15.8. The van der Waals surface area contributed by atoms with Gasteiger partial charge in [0.2, 0.25) is 5.91 Å². The number of carbonyl (C=O) groups is 1. The lowest BCUT2D eigenvalue weighted by Crippen LogP contribution is -2.38. The molecule has 0 bridgehead atoms. The van der Waals surface area contributed by atoms with Crippen LogP contribution in [0, 0.1) is 11.7 Å². The molecule has 1 fully saturated rings. The number of rotatable bonds is 3. The van der Waals surface area contributed by atoms with Crippen molar-refractivity contribution < 1.29 is 9.18 Å². The molecule has 29 heavy (non-hydrogen) atoms. The minimum atomic E-state index is -0.357. The van der Waals surface area contributed by atoms with Gasteiger partial charge in [0.05, 0.1) is 11.0 Å². The second-order valence-corrected chi connectivity index (χ2v) is 7.31. The molecule has 1 N–H and O–H groups in total. The molecule has 3 aromatic heterocycles. The summed E-state index contributed by atoms with van der Waals surface area (Å²) in [6.07, 6.45) is 5.20. The number of amides is 1. The minimum Gasteiger partial charge on any atom is -0.355 e. The lowest BCUT2D eigenvalue weighted by atomic mass is 9.95. The van der Waals surface area contributed by atoms with E-state index in [9.17, 15) is 9.18 Å². The van der Waals surface area contributed by atoms with Crippen LogP contribution in [0.2, 0.25) is 0 Å². The van der Waals surface area contributed by atoms with E-state index in [-0.39, 0.29) is 17.6 Å². The lowest BCUT2D eigenvalue weighted by molar-refractivity contribution is -0.120. The summed E-state index contributed by atoms with van der Waals surface area (Å²) in [7, 11) is 0. The van der Waals surface area contributed by atoms with Gasteiger partial charge in [-0.2, -0.15) is 0 Å². The number of halogens is 1. The van der Waals surface area contributed by atoms with E-state index in [1.165, 1.54) is 12.1 Å². The Morgan fingerprint density at radius 3 is 2.72 bits per heavy atom. The van der Waals surface area contributed by atoms with E-state index in [0.717, 1.165) is 42.8 Å². The van der Waals surface area contributed by atoms with Crippen molar-refractivity contribution in [3.63, 3.8) is 0 Å². The third kappa shape index (κ3) is 3.29. The average molecular weight is 389 g/mol. The maximum atomic E-state index is 13.3. The quantitative estimate of drug-likeness (QED) is 0.578. The summed E-state index contributed by atoms with van der Waals surface area (Å²) in [5, 5.41) is 2.83. The van der Waals surface area contributed by atoms with Crippen LogP contribution in [0.15, 0.2) is 60.9 Å². The maximum Gasteiger partial charge on any atom is 0.227 e. The zero-order chi connectivity index (χ0) is 19.8. The molecule has 146 valence electrons. The summed E-state index contributed by atoms with van der Waals surface area (Å²) in [6.45, 7) is 1.46. The first-order valence-corrected chi connectivity index (χ1v) is 9.72. The smallest absolute Gasteiger partial charge is 0.227 e. The van der Waals surface area contributed by atoms with Crippen LogP contribution in [-0.4, -0.2) is 33.4 Å². The van der Waals surface area contributed by atoms with Crippen molar-refractivity contribution in [1.29, 1.82) is 0 Å². The molecule has 0 radical (unpaired) electrons. The number of pyridine rings is 1. The Morgan fingerprint density at radius 2 is 1.90 bits per heavy atom. The molecule has 7 heteroatoms. The van der Waals surface area contributed by atoms with E-state index in [2.05, 4.69) is 25.7 Å². The number of anilines is 2. The molecule has 0 saturated carbocycles. The summed E-state index contributed by atoms with van der Waals surface area (Å²) >= 11 is 0. The van der Waals surface area contributed by atoms with Gasteiger partial charge < -0.3 is 14.6 Å². The molecule has 5 rings (SSSR count). The topological polar surface area (TPSA) is 62.5 Å². The number of nitrogens with one attached hydrogen (secondary N) is 1. The molecule has 0 spiro atoms. The molecule has 0 atom stereocenters. The molecule has 6 nitrogen and oxygen atoms in total. The van der Waals surface area contributed by atoms with Crippen molar-refractivity contribution in [3.05, 3.63) is 66.7 Å². The molecule has 1 aromatic carbocycles. The Bertz CT molecular complexity index is 1200. The largest absolute Gasteiger partial charge is 0.355 e. The summed E-state index contributed by atoms with van der Waals surface area (Å²) in [4.78, 5) is 24.0. The molecule has 1 aliphatic heterocycles. The van der Waals surface area contributed by atoms with Crippen molar-refractivity contribution in [2.24, 2.45) is 5.92 Å². The molecular formula is C22H20FN5O. The van der Waals surface area contributed by atoms with Gasteiger partial charge in [0, 0.05) is 37.1 Å². The van der Waals surface area contributed by atoms with Gasteiger partial charge in [0.25, 0.3) is 0 Å². The Kier molecular flexibility index (Phi) is 4.35. The van der Waals surface area contributed by atoms with Crippen LogP contribution in [0.5, 0.6) is 0 Å². The highest BCUT2D eigenvalue weighted by Gasteiger charge is 2.27. The molecule has 4 aromatic rings. The second kappa shape index (κ2) is 7.16. The highest BCUT2D eigenvalue weighted by Crippen LogP contribution is 2.28. The number of benzene rings is 1. The van der Waals surface area contributed by atoms with Gasteiger partial charge in [0.1, 0.15) is 5.82 Å². The minimum absolute atomic E-state index is 0.0591. The van der Waals surface area contributed by atoms with Crippen molar-refractivity contribution >= 4 is 34.1 Å². The Morgan fingerprint density at radius 1 is 1.07 bits per heavy atom. The second-order valence-electron chi connectivity index (χ2n) is 7.31. The first-order chi connectivity index (χ1) is 14.2. The fraction of sp³-hybridized carbons (Fsp3) is 0.227. The summed E-state index contributed by atoms with van der Waals surface area (Å²) in [6, 6.07) is 14.0.